The number of halogens is 1. The molecule has 1 unspecified atom stereocenters. The molecule has 8 heteroatoms. The first-order valence-electron chi connectivity index (χ1n) is 7.99. The summed E-state index contributed by atoms with van der Waals surface area (Å²) in [5, 5.41) is 3.37. The molecular formula is C16H24ClN3O3S. The van der Waals surface area contributed by atoms with E-state index in [4.69, 9.17) is 11.6 Å². The third kappa shape index (κ3) is 4.92. The van der Waals surface area contributed by atoms with Gasteiger partial charge in [0.1, 0.15) is 0 Å². The summed E-state index contributed by atoms with van der Waals surface area (Å²) >= 11 is 5.82. The fourth-order valence-corrected chi connectivity index (χ4v) is 4.33. The predicted octanol–water partition coefficient (Wildman–Crippen LogP) is 1.42. The highest BCUT2D eigenvalue weighted by atomic mass is 35.5. The summed E-state index contributed by atoms with van der Waals surface area (Å²) in [5.41, 5.74) is 0. The van der Waals surface area contributed by atoms with Crippen LogP contribution in [0, 0.1) is 5.92 Å². The lowest BCUT2D eigenvalue weighted by atomic mass is 9.99. The highest BCUT2D eigenvalue weighted by Gasteiger charge is 2.33. The van der Waals surface area contributed by atoms with Crippen molar-refractivity contribution >= 4 is 27.5 Å². The highest BCUT2D eigenvalue weighted by Crippen LogP contribution is 2.24. The molecule has 2 rings (SSSR count). The molecule has 1 atom stereocenters. The molecule has 0 spiro atoms. The molecule has 0 aliphatic carbocycles. The van der Waals surface area contributed by atoms with Crippen LogP contribution in [0.15, 0.2) is 29.2 Å². The van der Waals surface area contributed by atoms with Crippen LogP contribution in [0.1, 0.15) is 12.8 Å². The van der Waals surface area contributed by atoms with Crippen LogP contribution in [-0.2, 0) is 14.8 Å². The lowest BCUT2D eigenvalue weighted by molar-refractivity contribution is -0.126. The van der Waals surface area contributed by atoms with E-state index in [9.17, 15) is 13.2 Å². The van der Waals surface area contributed by atoms with Crippen LogP contribution in [0.25, 0.3) is 0 Å². The minimum atomic E-state index is -3.59. The topological polar surface area (TPSA) is 69.7 Å². The van der Waals surface area contributed by atoms with Crippen LogP contribution in [0.4, 0.5) is 0 Å². The maximum Gasteiger partial charge on any atom is 0.243 e. The van der Waals surface area contributed by atoms with Crippen molar-refractivity contribution < 1.29 is 13.2 Å². The first-order valence-corrected chi connectivity index (χ1v) is 9.80. The minimum Gasteiger partial charge on any atom is -0.355 e. The molecule has 1 aromatic rings. The lowest BCUT2D eigenvalue weighted by Gasteiger charge is -2.31. The average Bonchev–Trinajstić information content (AvgIpc) is 2.55. The van der Waals surface area contributed by atoms with Gasteiger partial charge >= 0.3 is 0 Å². The highest BCUT2D eigenvalue weighted by molar-refractivity contribution is 7.89. The first kappa shape index (κ1) is 19.2. The summed E-state index contributed by atoms with van der Waals surface area (Å²) in [4.78, 5) is 14.5. The summed E-state index contributed by atoms with van der Waals surface area (Å²) in [6, 6.07) is 6.12. The van der Waals surface area contributed by atoms with Gasteiger partial charge in [-0.05, 0) is 51.2 Å². The largest absolute Gasteiger partial charge is 0.355 e. The van der Waals surface area contributed by atoms with Gasteiger partial charge in [-0.25, -0.2) is 8.42 Å². The molecule has 1 heterocycles. The van der Waals surface area contributed by atoms with Gasteiger partial charge in [0.2, 0.25) is 15.9 Å². The molecule has 0 bridgehead atoms. The molecule has 134 valence electrons. The molecule has 1 aliphatic heterocycles. The Bertz CT molecular complexity index is 662. The van der Waals surface area contributed by atoms with Gasteiger partial charge in [0.25, 0.3) is 0 Å². The molecule has 1 aliphatic rings. The lowest BCUT2D eigenvalue weighted by Crippen LogP contribution is -2.46. The number of carbonyl (C=O) groups excluding carboxylic acids is 1. The number of benzene rings is 1. The molecule has 0 saturated carbocycles. The Hall–Kier alpha value is -1.15. The molecule has 6 nitrogen and oxygen atoms in total. The number of carbonyl (C=O) groups is 1. The van der Waals surface area contributed by atoms with Crippen molar-refractivity contribution in [3.8, 4) is 0 Å². The molecule has 0 radical (unpaired) electrons. The molecule has 1 amide bonds. The van der Waals surface area contributed by atoms with Gasteiger partial charge in [0.05, 0.1) is 10.8 Å². The van der Waals surface area contributed by atoms with Gasteiger partial charge in [-0.1, -0.05) is 11.6 Å². The van der Waals surface area contributed by atoms with Crippen molar-refractivity contribution in [1.29, 1.82) is 0 Å². The van der Waals surface area contributed by atoms with Crippen LogP contribution in [0.2, 0.25) is 5.02 Å². The first-order chi connectivity index (χ1) is 11.3. The van der Waals surface area contributed by atoms with Crippen molar-refractivity contribution in [1.82, 2.24) is 14.5 Å². The quantitative estimate of drug-likeness (QED) is 0.818. The number of rotatable bonds is 6. The van der Waals surface area contributed by atoms with E-state index in [2.05, 4.69) is 5.32 Å². The number of nitrogens with one attached hydrogen (secondary N) is 1. The number of nitrogens with zero attached hydrogens (tertiary/aromatic N) is 2. The van der Waals surface area contributed by atoms with E-state index in [1.165, 1.54) is 16.4 Å². The number of sulfonamides is 1. The monoisotopic (exact) mass is 373 g/mol. The zero-order valence-corrected chi connectivity index (χ0v) is 15.6. The SMILES string of the molecule is CN(C)CCNC(=O)C1CCCN(S(=O)(=O)c2ccc(Cl)cc2)C1. The van der Waals surface area contributed by atoms with E-state index in [1.54, 1.807) is 12.1 Å². The Morgan fingerprint density at radius 1 is 1.33 bits per heavy atom. The fraction of sp³-hybridized carbons (Fsp3) is 0.562. The molecule has 0 aromatic heterocycles. The van der Waals surface area contributed by atoms with Crippen molar-refractivity contribution in [3.05, 3.63) is 29.3 Å². The van der Waals surface area contributed by atoms with E-state index in [0.29, 0.717) is 31.0 Å². The van der Waals surface area contributed by atoms with Crippen molar-refractivity contribution in [2.45, 2.75) is 17.7 Å². The third-order valence-electron chi connectivity index (χ3n) is 4.06. The molecule has 1 saturated heterocycles. The summed E-state index contributed by atoms with van der Waals surface area (Å²) in [5.74, 6) is -0.379. The van der Waals surface area contributed by atoms with E-state index in [1.807, 2.05) is 19.0 Å². The van der Waals surface area contributed by atoms with Crippen LogP contribution in [-0.4, -0.2) is 63.8 Å². The van der Waals surface area contributed by atoms with Gasteiger partial charge < -0.3 is 10.2 Å². The molecule has 1 aromatic carbocycles. The minimum absolute atomic E-state index is 0.0761. The van der Waals surface area contributed by atoms with Crippen molar-refractivity contribution in [3.63, 3.8) is 0 Å². The second-order valence-electron chi connectivity index (χ2n) is 6.25. The van der Waals surface area contributed by atoms with Crippen molar-refractivity contribution in [2.75, 3.05) is 40.3 Å². The molecule has 1 N–H and O–H groups in total. The van der Waals surface area contributed by atoms with E-state index >= 15 is 0 Å². The van der Waals surface area contributed by atoms with E-state index in [0.717, 1.165) is 6.54 Å². The molecule has 24 heavy (non-hydrogen) atoms. The van der Waals surface area contributed by atoms with E-state index in [-0.39, 0.29) is 23.3 Å². The Kier molecular flexibility index (Phi) is 6.62. The molecular weight excluding hydrogens is 350 g/mol. The average molecular weight is 374 g/mol. The Labute approximate surface area is 148 Å². The summed E-state index contributed by atoms with van der Waals surface area (Å²) in [6.07, 6.45) is 1.39. The standard InChI is InChI=1S/C16H24ClN3O3S/c1-19(2)11-9-18-16(21)13-4-3-10-20(12-13)24(22,23)15-7-5-14(17)6-8-15/h5-8,13H,3-4,9-12H2,1-2H3,(H,18,21). The van der Waals surface area contributed by atoms with Gasteiger partial charge in [-0.15, -0.1) is 0 Å². The van der Waals surface area contributed by atoms with Crippen LogP contribution in [0.3, 0.4) is 0 Å². The maximum absolute atomic E-state index is 12.7. The van der Waals surface area contributed by atoms with Gasteiger partial charge in [0, 0.05) is 31.2 Å². The zero-order valence-electron chi connectivity index (χ0n) is 14.0. The fourth-order valence-electron chi connectivity index (χ4n) is 2.68. The maximum atomic E-state index is 12.7. The Morgan fingerprint density at radius 3 is 2.62 bits per heavy atom. The number of amides is 1. The predicted molar refractivity (Wildman–Crippen MR) is 94.5 cm³/mol. The number of hydrogen-bond donors (Lipinski definition) is 1. The van der Waals surface area contributed by atoms with Crippen LogP contribution < -0.4 is 5.32 Å². The summed E-state index contributed by atoms with van der Waals surface area (Å²) < 4.78 is 26.8. The second-order valence-corrected chi connectivity index (χ2v) is 8.62. The number of hydrogen-bond acceptors (Lipinski definition) is 4. The second kappa shape index (κ2) is 8.29. The summed E-state index contributed by atoms with van der Waals surface area (Å²) in [6.45, 7) is 1.97. The Balaban J connectivity index is 2.01. The van der Waals surface area contributed by atoms with Crippen LogP contribution >= 0.6 is 11.6 Å². The zero-order chi connectivity index (χ0) is 17.7. The van der Waals surface area contributed by atoms with Gasteiger partial charge in [-0.3, -0.25) is 4.79 Å². The summed E-state index contributed by atoms with van der Waals surface area (Å²) in [7, 11) is 0.283. The molecule has 1 fully saturated rings. The normalized spacial score (nSPS) is 19.4. The third-order valence-corrected chi connectivity index (χ3v) is 6.20. The van der Waals surface area contributed by atoms with Crippen LogP contribution in [0.5, 0.6) is 0 Å². The smallest absolute Gasteiger partial charge is 0.243 e. The Morgan fingerprint density at radius 2 is 2.00 bits per heavy atom. The number of likely N-dealkylation sites (N-methyl/N-ethyl adjacent to an activating group) is 1. The van der Waals surface area contributed by atoms with Gasteiger partial charge in [0.15, 0.2) is 0 Å². The van der Waals surface area contributed by atoms with E-state index < -0.39 is 10.0 Å². The van der Waals surface area contributed by atoms with Gasteiger partial charge in [-0.2, -0.15) is 4.31 Å². The number of piperidine rings is 1. The van der Waals surface area contributed by atoms with Crippen molar-refractivity contribution in [2.24, 2.45) is 5.92 Å².